The van der Waals surface area contributed by atoms with Crippen molar-refractivity contribution < 1.29 is 27.6 Å². The Bertz CT molecular complexity index is 1630. The number of imidazole rings is 1. The Kier molecular flexibility index (Phi) is 10.4. The van der Waals surface area contributed by atoms with Gasteiger partial charge in [-0.2, -0.15) is 18.3 Å². The molecule has 4 heterocycles. The maximum absolute atomic E-state index is 13.6. The van der Waals surface area contributed by atoms with E-state index in [1.165, 1.54) is 29.8 Å². The van der Waals surface area contributed by atoms with Crippen molar-refractivity contribution in [3.8, 4) is 11.3 Å². The normalized spacial score (nSPS) is 15.7. The Balaban J connectivity index is 0.00000461. The molecule has 0 atom stereocenters. The zero-order chi connectivity index (χ0) is 31.6. The van der Waals surface area contributed by atoms with Crippen LogP contribution in [0.4, 0.5) is 18.9 Å². The van der Waals surface area contributed by atoms with Crippen molar-refractivity contribution in [2.24, 2.45) is 13.0 Å². The highest BCUT2D eigenvalue weighted by molar-refractivity contribution is 6.34. The van der Waals surface area contributed by atoms with Crippen molar-refractivity contribution >= 4 is 53.6 Å². The Morgan fingerprint density at radius 2 is 1.80 bits per heavy atom. The number of nitrogens with zero attached hydrogens (tertiary/aromatic N) is 6. The van der Waals surface area contributed by atoms with E-state index in [9.17, 15) is 27.6 Å². The van der Waals surface area contributed by atoms with Crippen LogP contribution in [0.3, 0.4) is 0 Å². The molecule has 2 aliphatic rings. The lowest BCUT2D eigenvalue weighted by atomic mass is 9.96. The molecule has 3 amide bonds. The van der Waals surface area contributed by atoms with Gasteiger partial charge in [0.25, 0.3) is 11.8 Å². The summed E-state index contributed by atoms with van der Waals surface area (Å²) >= 11 is 6.44. The number of nitrogens with one attached hydrogen (secondary N) is 2. The van der Waals surface area contributed by atoms with Gasteiger partial charge in [-0.15, -0.1) is 18.1 Å². The summed E-state index contributed by atoms with van der Waals surface area (Å²) in [4.78, 5) is 46.6. The highest BCUT2D eigenvalue weighted by atomic mass is 35.5. The van der Waals surface area contributed by atoms with E-state index >= 15 is 0 Å². The van der Waals surface area contributed by atoms with Gasteiger partial charge in [-0.05, 0) is 44.1 Å². The molecule has 16 heteroatoms. The van der Waals surface area contributed by atoms with E-state index in [0.29, 0.717) is 26.2 Å². The molecule has 2 saturated heterocycles. The lowest BCUT2D eigenvalue weighted by Crippen LogP contribution is -2.52. The van der Waals surface area contributed by atoms with Crippen LogP contribution >= 0.6 is 24.0 Å². The van der Waals surface area contributed by atoms with Gasteiger partial charge < -0.3 is 25.0 Å². The summed E-state index contributed by atoms with van der Waals surface area (Å²) < 4.78 is 43.1. The molecule has 240 valence electrons. The van der Waals surface area contributed by atoms with Crippen molar-refractivity contribution in [2.75, 3.05) is 44.6 Å². The predicted molar refractivity (Wildman–Crippen MR) is 164 cm³/mol. The summed E-state index contributed by atoms with van der Waals surface area (Å²) in [5, 5.41) is 9.52. The van der Waals surface area contributed by atoms with Gasteiger partial charge in [0.1, 0.15) is 0 Å². The fourth-order valence-corrected chi connectivity index (χ4v) is 5.66. The zero-order valence-corrected chi connectivity index (χ0v) is 25.8. The van der Waals surface area contributed by atoms with Crippen LogP contribution in [0.25, 0.3) is 17.5 Å². The molecule has 2 aromatic heterocycles. The number of piperidine rings is 1. The van der Waals surface area contributed by atoms with Crippen LogP contribution < -0.4 is 10.6 Å². The van der Waals surface area contributed by atoms with Crippen molar-refractivity contribution in [1.29, 1.82) is 0 Å². The minimum atomic E-state index is -4.75. The minimum absolute atomic E-state index is 0. The zero-order valence-electron chi connectivity index (χ0n) is 24.2. The number of piperazine rings is 1. The van der Waals surface area contributed by atoms with Crippen LogP contribution in [0.1, 0.15) is 39.5 Å². The van der Waals surface area contributed by atoms with Gasteiger partial charge >= 0.3 is 6.18 Å². The van der Waals surface area contributed by atoms with Crippen LogP contribution in [0.5, 0.6) is 0 Å². The molecule has 0 radical (unpaired) electrons. The molecule has 2 aliphatic heterocycles. The van der Waals surface area contributed by atoms with Gasteiger partial charge in [-0.1, -0.05) is 18.2 Å². The second kappa shape index (κ2) is 13.9. The smallest absolute Gasteiger partial charge is 0.339 e. The second-order valence-electron chi connectivity index (χ2n) is 10.5. The molecule has 11 nitrogen and oxygen atoms in total. The number of carbonyl (C=O) groups excluding carboxylic acids is 3. The van der Waals surface area contributed by atoms with E-state index in [1.54, 1.807) is 4.90 Å². The van der Waals surface area contributed by atoms with Gasteiger partial charge in [0.15, 0.2) is 11.5 Å². The van der Waals surface area contributed by atoms with Gasteiger partial charge in [0.2, 0.25) is 5.91 Å². The number of alkyl halides is 3. The second-order valence-corrected chi connectivity index (χ2v) is 10.9. The van der Waals surface area contributed by atoms with Gasteiger partial charge in [-0.25, -0.2) is 9.67 Å². The number of rotatable bonds is 6. The topological polar surface area (TPSA) is 117 Å². The van der Waals surface area contributed by atoms with Crippen LogP contribution in [0, 0.1) is 5.92 Å². The van der Waals surface area contributed by atoms with Gasteiger partial charge in [0.05, 0.1) is 34.2 Å². The Hall–Kier alpha value is -4.10. The highest BCUT2D eigenvalue weighted by Gasteiger charge is 2.38. The van der Waals surface area contributed by atoms with Crippen molar-refractivity contribution in [1.82, 2.24) is 34.4 Å². The number of amides is 3. The lowest BCUT2D eigenvalue weighted by Gasteiger charge is -2.37. The van der Waals surface area contributed by atoms with Crippen molar-refractivity contribution in [3.63, 3.8) is 0 Å². The largest absolute Gasteiger partial charge is 0.435 e. The SMILES string of the molecule is C=C=Cn1cc(-c2cnc(C(=O)Nc3ccc(C(=O)N4CCN(C(=O)C5CCNCC5)CC4)c(Cl)c3)n2C)c(C(F)(F)F)n1.Cl. The van der Waals surface area contributed by atoms with Gasteiger partial charge in [-0.3, -0.25) is 14.4 Å². The van der Waals surface area contributed by atoms with E-state index in [4.69, 9.17) is 11.6 Å². The predicted octanol–water partition coefficient (Wildman–Crippen LogP) is 4.17. The Labute approximate surface area is 268 Å². The first kappa shape index (κ1) is 33.8. The summed E-state index contributed by atoms with van der Waals surface area (Å²) in [5.41, 5.74) is 1.46. The molecule has 0 bridgehead atoms. The average Bonchev–Trinajstić information content (AvgIpc) is 3.60. The molecule has 0 spiro atoms. The first-order valence-corrected chi connectivity index (χ1v) is 14.3. The summed E-state index contributed by atoms with van der Waals surface area (Å²) in [7, 11) is 1.41. The summed E-state index contributed by atoms with van der Waals surface area (Å²) in [6.07, 6.45) is 0.305. The summed E-state index contributed by atoms with van der Waals surface area (Å²) in [6, 6.07) is 4.42. The molecule has 3 aromatic rings. The molecule has 45 heavy (non-hydrogen) atoms. The molecule has 1 aromatic carbocycles. The molecule has 5 rings (SSSR count). The molecule has 0 unspecified atom stereocenters. The molecule has 2 N–H and O–H groups in total. The van der Waals surface area contributed by atoms with E-state index in [1.807, 2.05) is 4.90 Å². The molecular formula is C29H31Cl2F3N8O3. The Morgan fingerprint density at radius 3 is 2.42 bits per heavy atom. The molecule has 2 fully saturated rings. The quantitative estimate of drug-likeness (QED) is 0.382. The Morgan fingerprint density at radius 1 is 1.13 bits per heavy atom. The maximum atomic E-state index is 13.6. The first-order chi connectivity index (χ1) is 21.0. The number of anilines is 1. The highest BCUT2D eigenvalue weighted by Crippen LogP contribution is 2.36. The lowest BCUT2D eigenvalue weighted by molar-refractivity contribution is -0.141. The van der Waals surface area contributed by atoms with Crippen molar-refractivity contribution in [2.45, 2.75) is 19.0 Å². The third kappa shape index (κ3) is 7.25. The minimum Gasteiger partial charge on any atom is -0.339 e. The fourth-order valence-electron chi connectivity index (χ4n) is 5.40. The number of benzene rings is 1. The standard InChI is InChI=1S/C29H30ClF3N8O3.ClH/c1-3-10-41-17-21(24(37-41)29(31,32)33)23-16-35-25(38(23)2)26(42)36-19-4-5-20(22(30)15-19)28(44)40-13-11-39(12-14-40)27(43)18-6-8-34-9-7-18;/h4-5,10,15-18,34H,1,6-9,11-14H2,2H3,(H,36,42);1H. The van der Waals surface area contributed by atoms with Crippen molar-refractivity contribution in [3.05, 3.63) is 65.0 Å². The molecule has 0 aliphatic carbocycles. The fraction of sp³-hybridized carbons (Fsp3) is 0.379. The summed E-state index contributed by atoms with van der Waals surface area (Å²) in [6.45, 7) is 6.66. The van der Waals surface area contributed by atoms with Gasteiger partial charge in [0, 0.05) is 51.0 Å². The van der Waals surface area contributed by atoms with Crippen LogP contribution in [-0.2, 0) is 18.0 Å². The number of hydrogen-bond donors (Lipinski definition) is 2. The van der Waals surface area contributed by atoms with Crippen LogP contribution in [-0.4, -0.2) is 86.1 Å². The van der Waals surface area contributed by atoms with Crippen LogP contribution in [0.2, 0.25) is 5.02 Å². The number of carbonyl (C=O) groups is 3. The van der Waals surface area contributed by atoms with E-state index in [0.717, 1.165) is 49.2 Å². The van der Waals surface area contributed by atoms with Crippen LogP contribution in [0.15, 0.2) is 42.9 Å². The molecule has 0 saturated carbocycles. The van der Waals surface area contributed by atoms with E-state index in [2.05, 4.69) is 33.0 Å². The third-order valence-corrected chi connectivity index (χ3v) is 8.03. The maximum Gasteiger partial charge on any atom is 0.435 e. The average molecular weight is 668 g/mol. The number of hydrogen-bond acceptors (Lipinski definition) is 6. The monoisotopic (exact) mass is 666 g/mol. The number of halogens is 5. The molecular weight excluding hydrogens is 636 g/mol. The summed E-state index contributed by atoms with van der Waals surface area (Å²) in [5.74, 6) is -0.993. The van der Waals surface area contributed by atoms with E-state index < -0.39 is 17.8 Å². The first-order valence-electron chi connectivity index (χ1n) is 13.9. The third-order valence-electron chi connectivity index (χ3n) is 7.72. The number of aromatic nitrogens is 4. The van der Waals surface area contributed by atoms with E-state index in [-0.39, 0.29) is 63.5 Å².